The average Bonchev–Trinajstić information content (AvgIpc) is 2.85. The van der Waals surface area contributed by atoms with E-state index in [1.54, 1.807) is 11.3 Å². The molecule has 0 radical (unpaired) electrons. The molecule has 0 aliphatic heterocycles. The van der Waals surface area contributed by atoms with Crippen LogP contribution in [0.15, 0.2) is 29.6 Å². The first kappa shape index (κ1) is 11.8. The number of nitrogens with zero attached hydrogens (tertiary/aromatic N) is 2. The van der Waals surface area contributed by atoms with Gasteiger partial charge in [-0.2, -0.15) is 5.26 Å². The molecule has 86 valence electrons. The molecule has 0 spiro atoms. The third-order valence-electron chi connectivity index (χ3n) is 2.58. The second-order valence-electron chi connectivity index (χ2n) is 3.92. The van der Waals surface area contributed by atoms with Gasteiger partial charge in [0, 0.05) is 10.9 Å². The summed E-state index contributed by atoms with van der Waals surface area (Å²) in [5, 5.41) is 12.1. The Labute approximate surface area is 106 Å². The second-order valence-corrected chi connectivity index (χ2v) is 4.87. The minimum absolute atomic E-state index is 0.686. The SMILES string of the molecule is CCCCc1nc(-c2cccc(C#N)c2)cs1. The third-order valence-corrected chi connectivity index (χ3v) is 3.49. The maximum atomic E-state index is 8.86. The number of thiazole rings is 1. The number of aryl methyl sites for hydroxylation is 1. The normalized spacial score (nSPS) is 10.1. The first-order valence-corrected chi connectivity index (χ1v) is 6.66. The number of nitriles is 1. The summed E-state index contributed by atoms with van der Waals surface area (Å²) < 4.78 is 0. The highest BCUT2D eigenvalue weighted by Crippen LogP contribution is 2.23. The van der Waals surface area contributed by atoms with Crippen molar-refractivity contribution < 1.29 is 0 Å². The zero-order chi connectivity index (χ0) is 12.1. The molecule has 2 nitrogen and oxygen atoms in total. The fraction of sp³-hybridized carbons (Fsp3) is 0.286. The lowest BCUT2D eigenvalue weighted by molar-refractivity contribution is 0.790. The predicted molar refractivity (Wildman–Crippen MR) is 70.9 cm³/mol. The molecule has 0 N–H and O–H groups in total. The van der Waals surface area contributed by atoms with E-state index in [1.807, 2.05) is 24.3 Å². The van der Waals surface area contributed by atoms with Gasteiger partial charge in [-0.3, -0.25) is 0 Å². The number of hydrogen-bond donors (Lipinski definition) is 0. The summed E-state index contributed by atoms with van der Waals surface area (Å²) in [7, 11) is 0. The molecular weight excluding hydrogens is 228 g/mol. The van der Waals surface area contributed by atoms with Crippen LogP contribution >= 0.6 is 11.3 Å². The fourth-order valence-electron chi connectivity index (χ4n) is 1.63. The van der Waals surface area contributed by atoms with Crippen molar-refractivity contribution in [2.24, 2.45) is 0 Å². The van der Waals surface area contributed by atoms with Gasteiger partial charge in [0.25, 0.3) is 0 Å². The molecule has 0 fully saturated rings. The average molecular weight is 242 g/mol. The summed E-state index contributed by atoms with van der Waals surface area (Å²) >= 11 is 1.70. The van der Waals surface area contributed by atoms with Crippen LogP contribution in [0.3, 0.4) is 0 Å². The van der Waals surface area contributed by atoms with E-state index in [1.165, 1.54) is 17.8 Å². The highest BCUT2D eigenvalue weighted by molar-refractivity contribution is 7.09. The van der Waals surface area contributed by atoms with Crippen LogP contribution in [0.25, 0.3) is 11.3 Å². The molecule has 0 amide bonds. The van der Waals surface area contributed by atoms with Crippen molar-refractivity contribution in [3.8, 4) is 17.3 Å². The van der Waals surface area contributed by atoms with E-state index in [9.17, 15) is 0 Å². The standard InChI is InChI=1S/C14H14N2S/c1-2-3-7-14-16-13(10-17-14)12-6-4-5-11(8-12)9-15/h4-6,8,10H,2-3,7H2,1H3. The van der Waals surface area contributed by atoms with Gasteiger partial charge in [0.15, 0.2) is 0 Å². The molecule has 0 bridgehead atoms. The van der Waals surface area contributed by atoms with Gasteiger partial charge in [0.2, 0.25) is 0 Å². The van der Waals surface area contributed by atoms with Crippen LogP contribution in [0.2, 0.25) is 0 Å². The Morgan fingerprint density at radius 3 is 3.06 bits per heavy atom. The topological polar surface area (TPSA) is 36.7 Å². The molecule has 2 rings (SSSR count). The quantitative estimate of drug-likeness (QED) is 0.811. The van der Waals surface area contributed by atoms with Crippen molar-refractivity contribution in [3.05, 3.63) is 40.2 Å². The van der Waals surface area contributed by atoms with E-state index in [2.05, 4.69) is 23.4 Å². The molecule has 0 aliphatic carbocycles. The number of unbranched alkanes of at least 4 members (excludes halogenated alkanes) is 1. The first-order valence-electron chi connectivity index (χ1n) is 5.78. The monoisotopic (exact) mass is 242 g/mol. The highest BCUT2D eigenvalue weighted by atomic mass is 32.1. The third kappa shape index (κ3) is 2.92. The Morgan fingerprint density at radius 1 is 1.41 bits per heavy atom. The van der Waals surface area contributed by atoms with Crippen molar-refractivity contribution in [1.29, 1.82) is 5.26 Å². The van der Waals surface area contributed by atoms with Crippen LogP contribution < -0.4 is 0 Å². The van der Waals surface area contributed by atoms with Crippen LogP contribution in [0.5, 0.6) is 0 Å². The van der Waals surface area contributed by atoms with Crippen molar-refractivity contribution in [2.75, 3.05) is 0 Å². The van der Waals surface area contributed by atoms with Gasteiger partial charge in [-0.25, -0.2) is 4.98 Å². The lowest BCUT2D eigenvalue weighted by Gasteiger charge is -1.96. The van der Waals surface area contributed by atoms with Crippen LogP contribution in [0.4, 0.5) is 0 Å². The zero-order valence-corrected chi connectivity index (χ0v) is 10.6. The van der Waals surface area contributed by atoms with E-state index in [0.29, 0.717) is 5.56 Å². The summed E-state index contributed by atoms with van der Waals surface area (Å²) in [6, 6.07) is 9.76. The molecule has 0 atom stereocenters. The summed E-state index contributed by atoms with van der Waals surface area (Å²) in [5.41, 5.74) is 2.70. The van der Waals surface area contributed by atoms with E-state index in [0.717, 1.165) is 17.7 Å². The Bertz CT molecular complexity index is 537. The lowest BCUT2D eigenvalue weighted by atomic mass is 10.1. The van der Waals surface area contributed by atoms with Gasteiger partial charge < -0.3 is 0 Å². The number of hydrogen-bond acceptors (Lipinski definition) is 3. The minimum Gasteiger partial charge on any atom is -0.241 e. The van der Waals surface area contributed by atoms with Gasteiger partial charge in [0.05, 0.1) is 22.3 Å². The molecule has 1 aromatic carbocycles. The smallest absolute Gasteiger partial charge is 0.0991 e. The minimum atomic E-state index is 0.686. The summed E-state index contributed by atoms with van der Waals surface area (Å²) in [5.74, 6) is 0. The number of aromatic nitrogens is 1. The molecule has 0 aliphatic rings. The van der Waals surface area contributed by atoms with Gasteiger partial charge in [0.1, 0.15) is 0 Å². The van der Waals surface area contributed by atoms with Crippen molar-refractivity contribution in [1.82, 2.24) is 4.98 Å². The van der Waals surface area contributed by atoms with E-state index < -0.39 is 0 Å². The van der Waals surface area contributed by atoms with Gasteiger partial charge in [-0.05, 0) is 25.0 Å². The molecular formula is C14H14N2S. The number of rotatable bonds is 4. The Kier molecular flexibility index (Phi) is 3.89. The Morgan fingerprint density at radius 2 is 2.29 bits per heavy atom. The molecule has 1 aromatic heterocycles. The molecule has 0 saturated heterocycles. The summed E-state index contributed by atoms with van der Waals surface area (Å²) in [4.78, 5) is 4.60. The van der Waals surface area contributed by atoms with Crippen molar-refractivity contribution in [3.63, 3.8) is 0 Å². The van der Waals surface area contributed by atoms with Gasteiger partial charge in [-0.15, -0.1) is 11.3 Å². The Balaban J connectivity index is 2.21. The van der Waals surface area contributed by atoms with Crippen LogP contribution in [-0.2, 0) is 6.42 Å². The Hall–Kier alpha value is -1.66. The van der Waals surface area contributed by atoms with Crippen LogP contribution in [0.1, 0.15) is 30.3 Å². The first-order chi connectivity index (χ1) is 8.33. The molecule has 0 unspecified atom stereocenters. The highest BCUT2D eigenvalue weighted by Gasteiger charge is 2.04. The summed E-state index contributed by atoms with van der Waals surface area (Å²) in [6.45, 7) is 2.19. The van der Waals surface area contributed by atoms with Gasteiger partial charge >= 0.3 is 0 Å². The molecule has 1 heterocycles. The van der Waals surface area contributed by atoms with Crippen LogP contribution in [0, 0.1) is 11.3 Å². The van der Waals surface area contributed by atoms with Gasteiger partial charge in [-0.1, -0.05) is 25.5 Å². The van der Waals surface area contributed by atoms with E-state index >= 15 is 0 Å². The lowest BCUT2D eigenvalue weighted by Crippen LogP contribution is -1.84. The van der Waals surface area contributed by atoms with Crippen molar-refractivity contribution >= 4 is 11.3 Å². The van der Waals surface area contributed by atoms with Crippen molar-refractivity contribution in [2.45, 2.75) is 26.2 Å². The van der Waals surface area contributed by atoms with E-state index in [-0.39, 0.29) is 0 Å². The predicted octanol–water partition coefficient (Wildman–Crippen LogP) is 4.02. The molecule has 2 aromatic rings. The summed E-state index contributed by atoms with van der Waals surface area (Å²) in [6.07, 6.45) is 3.43. The molecule has 3 heteroatoms. The second kappa shape index (κ2) is 5.60. The maximum Gasteiger partial charge on any atom is 0.0991 e. The zero-order valence-electron chi connectivity index (χ0n) is 9.81. The number of benzene rings is 1. The largest absolute Gasteiger partial charge is 0.241 e. The molecule has 0 saturated carbocycles. The molecule has 17 heavy (non-hydrogen) atoms. The fourth-order valence-corrected chi connectivity index (χ4v) is 2.48. The van der Waals surface area contributed by atoms with E-state index in [4.69, 9.17) is 5.26 Å². The maximum absolute atomic E-state index is 8.86. The van der Waals surface area contributed by atoms with Crippen LogP contribution in [-0.4, -0.2) is 4.98 Å².